The van der Waals surface area contributed by atoms with E-state index < -0.39 is 34.9 Å². The van der Waals surface area contributed by atoms with Gasteiger partial charge in [0.2, 0.25) is 0 Å². The van der Waals surface area contributed by atoms with Gasteiger partial charge in [0.15, 0.2) is 23.0 Å². The van der Waals surface area contributed by atoms with Crippen molar-refractivity contribution >= 4 is 34.7 Å². The van der Waals surface area contributed by atoms with Crippen LogP contribution in [0.2, 0.25) is 0 Å². The van der Waals surface area contributed by atoms with Crippen molar-refractivity contribution < 1.29 is 60.7 Å². The number of carbonyl (C=O) groups excluding carboxylic acids is 2. The van der Waals surface area contributed by atoms with Gasteiger partial charge < -0.3 is 40.2 Å². The van der Waals surface area contributed by atoms with E-state index in [1.807, 2.05) is 13.8 Å². The minimum absolute atomic E-state index is 0. The molecule has 0 aromatic heterocycles. The molecule has 0 aliphatic heterocycles. The molecular weight excluding hydrogens is 827 g/mol. The molecule has 10 nitrogen and oxygen atoms in total. The predicted octanol–water partition coefficient (Wildman–Crippen LogP) is 9.36. The molecule has 0 spiro atoms. The maximum absolute atomic E-state index is 10.7. The SMILES string of the molecule is CCCCCC(=Nc1cc(C)cc(C)c1)C(CCCC)=Nc1cc(C)cc(C)c1.CCCc1ccc(O)c(O)c1C(=O)[O-].CCCc1ccc(O)c(O)c1C(=O)[O-].[Pd+2]. The topological polar surface area (TPSA) is 186 Å². The third kappa shape index (κ3) is 16.5. The average Bonchev–Trinajstić information content (AvgIpc) is 3.12. The number of aryl methyl sites for hydroxylation is 6. The smallest absolute Gasteiger partial charge is 0.545 e. The van der Waals surface area contributed by atoms with Gasteiger partial charge in [0.25, 0.3) is 0 Å². The number of aliphatic imine (C=N–C) groups is 2. The molecule has 0 aliphatic carbocycles. The normalized spacial score (nSPS) is 11.1. The maximum atomic E-state index is 10.7. The van der Waals surface area contributed by atoms with Crippen LogP contribution in [0.5, 0.6) is 23.0 Å². The number of nitrogens with zero attached hydrogens (tertiary/aromatic N) is 2. The summed E-state index contributed by atoms with van der Waals surface area (Å²) in [5.41, 5.74) is 9.80. The van der Waals surface area contributed by atoms with Crippen LogP contribution < -0.4 is 10.2 Å². The fraction of sp³-hybridized carbons (Fsp3) is 0.404. The number of carbonyl (C=O) groups is 2. The number of hydrogen-bond donors (Lipinski definition) is 4. The summed E-state index contributed by atoms with van der Waals surface area (Å²) in [7, 11) is 0. The van der Waals surface area contributed by atoms with Gasteiger partial charge in [-0.15, -0.1) is 0 Å². The number of aromatic carboxylic acids is 2. The second-order valence-electron chi connectivity index (χ2n) is 14.4. The summed E-state index contributed by atoms with van der Waals surface area (Å²) >= 11 is 0. The van der Waals surface area contributed by atoms with Crippen LogP contribution in [0.15, 0.2) is 70.6 Å². The Hall–Kier alpha value is -4.98. The predicted molar refractivity (Wildman–Crippen MR) is 226 cm³/mol. The number of aromatic hydroxyl groups is 4. The molecule has 0 amide bonds. The van der Waals surface area contributed by atoms with Crippen molar-refractivity contribution in [3.8, 4) is 23.0 Å². The number of phenolic OH excluding ortho intramolecular Hbond substituents is 2. The minimum atomic E-state index is -1.47. The van der Waals surface area contributed by atoms with Gasteiger partial charge in [-0.05, 0) is 136 Å². The van der Waals surface area contributed by atoms with E-state index in [0.717, 1.165) is 67.7 Å². The van der Waals surface area contributed by atoms with Gasteiger partial charge in [0.1, 0.15) is 0 Å². The fourth-order valence-corrected chi connectivity index (χ4v) is 6.41. The Labute approximate surface area is 358 Å². The number of phenols is 4. The molecule has 4 aromatic rings. The summed E-state index contributed by atoms with van der Waals surface area (Å²) in [5.74, 6) is -5.05. The van der Waals surface area contributed by atoms with E-state index in [0.29, 0.717) is 24.0 Å². The van der Waals surface area contributed by atoms with Crippen molar-refractivity contribution in [2.45, 2.75) is 126 Å². The second-order valence-corrected chi connectivity index (χ2v) is 14.4. The third-order valence-electron chi connectivity index (χ3n) is 8.99. The Bertz CT molecular complexity index is 1910. The van der Waals surface area contributed by atoms with Crippen LogP contribution in [0, 0.1) is 27.7 Å². The van der Waals surface area contributed by atoms with E-state index in [9.17, 15) is 30.0 Å². The quantitative estimate of drug-likeness (QED) is 0.0371. The number of carboxylic acids is 2. The molecule has 58 heavy (non-hydrogen) atoms. The number of carboxylic acid groups (broad SMARTS) is 2. The molecule has 0 aliphatic rings. The zero-order chi connectivity index (χ0) is 42.7. The summed E-state index contributed by atoms with van der Waals surface area (Å²) in [6.07, 6.45) is 10.5. The zero-order valence-electron chi connectivity index (χ0n) is 35.2. The molecule has 316 valence electrons. The van der Waals surface area contributed by atoms with E-state index in [2.05, 4.69) is 77.9 Å². The fourth-order valence-electron chi connectivity index (χ4n) is 6.41. The van der Waals surface area contributed by atoms with Gasteiger partial charge in [0, 0.05) is 11.1 Å². The molecule has 4 rings (SSSR count). The Kier molecular flexibility index (Phi) is 23.0. The molecule has 11 heteroatoms. The van der Waals surface area contributed by atoms with Crippen molar-refractivity contribution in [1.29, 1.82) is 0 Å². The monoisotopic (exact) mass is 886 g/mol. The molecule has 0 fully saturated rings. The first-order chi connectivity index (χ1) is 27.1. The summed E-state index contributed by atoms with van der Waals surface area (Å²) < 4.78 is 0. The van der Waals surface area contributed by atoms with E-state index in [-0.39, 0.29) is 31.5 Å². The van der Waals surface area contributed by atoms with Crippen molar-refractivity contribution in [2.24, 2.45) is 9.98 Å². The average molecular weight is 887 g/mol. The van der Waals surface area contributed by atoms with Crippen LogP contribution in [-0.2, 0) is 33.3 Å². The number of rotatable bonds is 16. The van der Waals surface area contributed by atoms with Gasteiger partial charge >= 0.3 is 20.4 Å². The molecule has 0 unspecified atom stereocenters. The first-order valence-electron chi connectivity index (χ1n) is 19.9. The van der Waals surface area contributed by atoms with E-state index in [4.69, 9.17) is 20.2 Å². The largest absolute Gasteiger partial charge is 2.00 e. The van der Waals surface area contributed by atoms with Gasteiger partial charge in [-0.25, -0.2) is 0 Å². The molecule has 0 saturated carbocycles. The summed E-state index contributed by atoms with van der Waals surface area (Å²) in [6, 6.07) is 18.6. The summed E-state index contributed by atoms with van der Waals surface area (Å²) in [6.45, 7) is 16.8. The molecule has 4 aromatic carbocycles. The van der Waals surface area contributed by atoms with Crippen molar-refractivity contribution in [3.63, 3.8) is 0 Å². The molecule has 0 bridgehead atoms. The number of unbranched alkanes of at least 4 members (excludes halogenated alkanes) is 3. The first-order valence-corrected chi connectivity index (χ1v) is 19.9. The molecule has 4 N–H and O–H groups in total. The zero-order valence-corrected chi connectivity index (χ0v) is 36.7. The molecule has 0 heterocycles. The van der Waals surface area contributed by atoms with Crippen LogP contribution in [0.4, 0.5) is 11.4 Å². The third-order valence-corrected chi connectivity index (χ3v) is 8.99. The van der Waals surface area contributed by atoms with Gasteiger partial charge in [-0.1, -0.05) is 84.1 Å². The van der Waals surface area contributed by atoms with Crippen LogP contribution >= 0.6 is 0 Å². The van der Waals surface area contributed by atoms with E-state index in [1.54, 1.807) is 0 Å². The number of benzene rings is 4. The molecule has 0 atom stereocenters. The number of hydrogen-bond acceptors (Lipinski definition) is 10. The molecule has 0 radical (unpaired) electrons. The standard InChI is InChI=1S/C27H38N2.2C10H12O4.Pd/c1-7-9-11-13-27(29-25-18-22(5)15-23(6)19-25)26(12-10-8-2)28-24-16-20(3)14-21(4)17-24;2*1-2-3-6-4-5-7(11)9(12)8(6)10(13)14;/h14-19H,7-13H2,1-6H3;2*4-5,11-12H,2-3H2,1H3,(H,13,14);/q;;;+2/p-2. The van der Waals surface area contributed by atoms with Crippen LogP contribution in [-0.4, -0.2) is 43.8 Å². The Morgan fingerprint density at radius 1 is 0.517 bits per heavy atom. The van der Waals surface area contributed by atoms with Crippen molar-refractivity contribution in [3.05, 3.63) is 105 Å². The van der Waals surface area contributed by atoms with Crippen LogP contribution in [0.1, 0.15) is 140 Å². The Morgan fingerprint density at radius 2 is 0.862 bits per heavy atom. The summed E-state index contributed by atoms with van der Waals surface area (Å²) in [4.78, 5) is 31.6. The second kappa shape index (κ2) is 26.1. The van der Waals surface area contributed by atoms with Crippen molar-refractivity contribution in [1.82, 2.24) is 0 Å². The Balaban J connectivity index is 0.000000485. The molecule has 0 saturated heterocycles. The summed E-state index contributed by atoms with van der Waals surface area (Å²) in [5, 5.41) is 58.2. The van der Waals surface area contributed by atoms with E-state index in [1.165, 1.54) is 59.4 Å². The first kappa shape index (κ1) is 51.0. The van der Waals surface area contributed by atoms with Gasteiger partial charge in [-0.3, -0.25) is 9.98 Å². The van der Waals surface area contributed by atoms with Crippen LogP contribution in [0.25, 0.3) is 0 Å². The van der Waals surface area contributed by atoms with Gasteiger partial charge in [-0.2, -0.15) is 0 Å². The molecular formula is C47H60N2O8Pd. The van der Waals surface area contributed by atoms with Crippen molar-refractivity contribution in [2.75, 3.05) is 0 Å². The van der Waals surface area contributed by atoms with Gasteiger partial charge in [0.05, 0.1) is 34.7 Å². The maximum Gasteiger partial charge on any atom is 2.00 e. The minimum Gasteiger partial charge on any atom is -0.545 e. The Morgan fingerprint density at radius 3 is 1.17 bits per heavy atom. The van der Waals surface area contributed by atoms with Crippen LogP contribution in [0.3, 0.4) is 0 Å². The van der Waals surface area contributed by atoms with E-state index >= 15 is 0 Å².